The largest absolute Gasteiger partial charge is 0.409 e. The van der Waals surface area contributed by atoms with Crippen LogP contribution in [0.15, 0.2) is 29.4 Å². The molecule has 4 N–H and O–H groups in total. The lowest BCUT2D eigenvalue weighted by atomic mass is 9.61. The van der Waals surface area contributed by atoms with Gasteiger partial charge in [-0.15, -0.1) is 0 Å². The fraction of sp³-hybridized carbons (Fsp3) is 0.467. The van der Waals surface area contributed by atoms with Gasteiger partial charge in [0.2, 0.25) is 5.91 Å². The fourth-order valence-electron chi connectivity index (χ4n) is 2.91. The number of rotatable bonds is 4. The zero-order valence-corrected chi connectivity index (χ0v) is 11.9. The molecule has 1 saturated carbocycles. The van der Waals surface area contributed by atoms with Gasteiger partial charge in [-0.1, -0.05) is 41.9 Å². The number of hydrogen-bond donors (Lipinski definition) is 3. The lowest BCUT2D eigenvalue weighted by molar-refractivity contribution is -0.133. The van der Waals surface area contributed by atoms with Crippen LogP contribution in [0.4, 0.5) is 0 Å². The molecule has 0 atom stereocenters. The standard InChI is InChI=1S/C15H21N3O2/c1-10-4-3-5-12(6-10)9-17-14(19)15(13(16)18-20)7-11(2)8-15/h3-6,11,20H,7-9H2,1-2H3,(H2,16,18)(H,17,19). The van der Waals surface area contributed by atoms with Gasteiger partial charge in [0, 0.05) is 6.54 Å². The molecule has 108 valence electrons. The number of nitrogens with two attached hydrogens (primary N) is 1. The summed E-state index contributed by atoms with van der Waals surface area (Å²) < 4.78 is 0. The molecule has 0 aliphatic heterocycles. The van der Waals surface area contributed by atoms with E-state index in [-0.39, 0.29) is 11.7 Å². The van der Waals surface area contributed by atoms with Crippen LogP contribution in [0.5, 0.6) is 0 Å². The van der Waals surface area contributed by atoms with Gasteiger partial charge in [-0.05, 0) is 31.2 Å². The van der Waals surface area contributed by atoms with E-state index in [1.54, 1.807) is 0 Å². The van der Waals surface area contributed by atoms with E-state index in [9.17, 15) is 4.79 Å². The molecule has 0 aromatic heterocycles. The highest BCUT2D eigenvalue weighted by Gasteiger charge is 2.52. The van der Waals surface area contributed by atoms with Crippen LogP contribution >= 0.6 is 0 Å². The van der Waals surface area contributed by atoms with Crippen LogP contribution in [0, 0.1) is 18.3 Å². The van der Waals surface area contributed by atoms with E-state index in [4.69, 9.17) is 10.9 Å². The number of benzene rings is 1. The average molecular weight is 275 g/mol. The summed E-state index contributed by atoms with van der Waals surface area (Å²) >= 11 is 0. The van der Waals surface area contributed by atoms with Gasteiger partial charge in [-0.2, -0.15) is 0 Å². The molecule has 0 heterocycles. The first-order valence-electron chi connectivity index (χ1n) is 6.80. The van der Waals surface area contributed by atoms with E-state index in [0.717, 1.165) is 11.1 Å². The Hall–Kier alpha value is -2.04. The van der Waals surface area contributed by atoms with Crippen molar-refractivity contribution >= 4 is 11.7 Å². The Bertz CT molecular complexity index is 534. The number of nitrogens with zero attached hydrogens (tertiary/aromatic N) is 1. The summed E-state index contributed by atoms with van der Waals surface area (Å²) in [5.41, 5.74) is 7.07. The molecule has 1 fully saturated rings. The zero-order valence-electron chi connectivity index (χ0n) is 11.9. The van der Waals surface area contributed by atoms with Crippen molar-refractivity contribution in [1.29, 1.82) is 0 Å². The van der Waals surface area contributed by atoms with Crippen LogP contribution in [0.2, 0.25) is 0 Å². The number of aryl methyl sites for hydroxylation is 1. The zero-order chi connectivity index (χ0) is 14.8. The molecular formula is C15H21N3O2. The molecule has 5 heteroatoms. The predicted octanol–water partition coefficient (Wildman–Crippen LogP) is 1.77. The Labute approximate surface area is 118 Å². The maximum Gasteiger partial charge on any atom is 0.234 e. The Kier molecular flexibility index (Phi) is 3.97. The third-order valence-electron chi connectivity index (χ3n) is 3.96. The second-order valence-corrected chi connectivity index (χ2v) is 5.75. The van der Waals surface area contributed by atoms with Crippen molar-refractivity contribution in [1.82, 2.24) is 5.32 Å². The van der Waals surface area contributed by atoms with Gasteiger partial charge < -0.3 is 16.3 Å². The molecule has 5 nitrogen and oxygen atoms in total. The van der Waals surface area contributed by atoms with Crippen LogP contribution in [0.1, 0.15) is 30.9 Å². The second kappa shape index (κ2) is 5.53. The Morgan fingerprint density at radius 2 is 2.25 bits per heavy atom. The number of hydrogen-bond acceptors (Lipinski definition) is 3. The minimum Gasteiger partial charge on any atom is -0.409 e. The molecule has 20 heavy (non-hydrogen) atoms. The molecule has 1 aliphatic rings. The minimum absolute atomic E-state index is 0.0114. The third kappa shape index (κ3) is 2.61. The molecule has 1 aromatic carbocycles. The summed E-state index contributed by atoms with van der Waals surface area (Å²) in [7, 11) is 0. The first kappa shape index (κ1) is 14.4. The number of carbonyl (C=O) groups is 1. The van der Waals surface area contributed by atoms with Crippen LogP contribution in [0.25, 0.3) is 0 Å². The molecule has 1 aliphatic carbocycles. The maximum absolute atomic E-state index is 12.4. The first-order chi connectivity index (χ1) is 9.48. The van der Waals surface area contributed by atoms with Crippen LogP contribution in [0.3, 0.4) is 0 Å². The van der Waals surface area contributed by atoms with E-state index in [0.29, 0.717) is 25.3 Å². The number of oxime groups is 1. The second-order valence-electron chi connectivity index (χ2n) is 5.75. The molecule has 0 radical (unpaired) electrons. The van der Waals surface area contributed by atoms with Gasteiger partial charge in [-0.25, -0.2) is 0 Å². The first-order valence-corrected chi connectivity index (χ1v) is 6.80. The van der Waals surface area contributed by atoms with E-state index in [1.165, 1.54) is 0 Å². The van der Waals surface area contributed by atoms with E-state index in [2.05, 4.69) is 17.4 Å². The van der Waals surface area contributed by atoms with E-state index in [1.807, 2.05) is 31.2 Å². The van der Waals surface area contributed by atoms with Crippen molar-refractivity contribution < 1.29 is 10.0 Å². The molecule has 0 bridgehead atoms. The number of carbonyl (C=O) groups excluding carboxylic acids is 1. The fourth-order valence-corrected chi connectivity index (χ4v) is 2.91. The molecule has 0 unspecified atom stereocenters. The van der Waals surface area contributed by atoms with Crippen LogP contribution in [-0.4, -0.2) is 17.0 Å². The Morgan fingerprint density at radius 1 is 1.55 bits per heavy atom. The van der Waals surface area contributed by atoms with Gasteiger partial charge in [0.1, 0.15) is 5.41 Å². The Balaban J connectivity index is 2.04. The molecule has 1 aromatic rings. The lowest BCUT2D eigenvalue weighted by Gasteiger charge is -2.43. The minimum atomic E-state index is -0.835. The summed E-state index contributed by atoms with van der Waals surface area (Å²) in [6, 6.07) is 7.96. The molecule has 0 saturated heterocycles. The molecule has 1 amide bonds. The Morgan fingerprint density at radius 3 is 2.80 bits per heavy atom. The van der Waals surface area contributed by atoms with Crippen LogP contribution in [-0.2, 0) is 11.3 Å². The number of amides is 1. The van der Waals surface area contributed by atoms with Gasteiger partial charge in [0.25, 0.3) is 0 Å². The highest BCUT2D eigenvalue weighted by atomic mass is 16.4. The van der Waals surface area contributed by atoms with Crippen molar-refractivity contribution in [2.45, 2.75) is 33.2 Å². The van der Waals surface area contributed by atoms with Crippen molar-refractivity contribution in [3.8, 4) is 0 Å². The normalized spacial score (nSPS) is 25.9. The number of amidine groups is 1. The van der Waals surface area contributed by atoms with E-state index >= 15 is 0 Å². The van der Waals surface area contributed by atoms with Gasteiger partial charge in [-0.3, -0.25) is 4.79 Å². The van der Waals surface area contributed by atoms with Gasteiger partial charge in [0.15, 0.2) is 5.84 Å². The monoisotopic (exact) mass is 275 g/mol. The van der Waals surface area contributed by atoms with Crippen LogP contribution < -0.4 is 11.1 Å². The lowest BCUT2D eigenvalue weighted by Crippen LogP contribution is -2.56. The summed E-state index contributed by atoms with van der Waals surface area (Å²) in [6.07, 6.45) is 1.26. The van der Waals surface area contributed by atoms with E-state index < -0.39 is 5.41 Å². The van der Waals surface area contributed by atoms with Crippen molar-refractivity contribution in [3.05, 3.63) is 35.4 Å². The molecule has 2 rings (SSSR count). The topological polar surface area (TPSA) is 87.7 Å². The summed E-state index contributed by atoms with van der Waals surface area (Å²) in [6.45, 7) is 4.52. The van der Waals surface area contributed by atoms with Crippen molar-refractivity contribution in [3.63, 3.8) is 0 Å². The summed E-state index contributed by atoms with van der Waals surface area (Å²) in [4.78, 5) is 12.4. The van der Waals surface area contributed by atoms with Gasteiger partial charge >= 0.3 is 0 Å². The number of nitrogens with one attached hydrogen (secondary N) is 1. The SMILES string of the molecule is Cc1cccc(CNC(=O)C2(/C(N)=N/O)CC(C)C2)c1. The molecular weight excluding hydrogens is 254 g/mol. The van der Waals surface area contributed by atoms with Crippen molar-refractivity contribution in [2.75, 3.05) is 0 Å². The maximum atomic E-state index is 12.4. The third-order valence-corrected chi connectivity index (χ3v) is 3.96. The molecule has 0 spiro atoms. The summed E-state index contributed by atoms with van der Waals surface area (Å²) in [5, 5.41) is 14.8. The van der Waals surface area contributed by atoms with Crippen molar-refractivity contribution in [2.24, 2.45) is 22.2 Å². The quantitative estimate of drug-likeness (QED) is 0.339. The highest BCUT2D eigenvalue weighted by Crippen LogP contribution is 2.45. The average Bonchev–Trinajstić information content (AvgIpc) is 2.40. The highest BCUT2D eigenvalue weighted by molar-refractivity contribution is 6.07. The predicted molar refractivity (Wildman–Crippen MR) is 77.3 cm³/mol. The summed E-state index contributed by atoms with van der Waals surface area (Å²) in [5.74, 6) is 0.268. The smallest absolute Gasteiger partial charge is 0.234 e. The van der Waals surface area contributed by atoms with Gasteiger partial charge in [0.05, 0.1) is 0 Å².